The maximum Gasteiger partial charge on any atom is 0.233 e. The van der Waals surface area contributed by atoms with E-state index in [4.69, 9.17) is 0 Å². The Balaban J connectivity index is 2.79. The van der Waals surface area contributed by atoms with Gasteiger partial charge < -0.3 is 0 Å². The van der Waals surface area contributed by atoms with Gasteiger partial charge in [0.1, 0.15) is 0 Å². The summed E-state index contributed by atoms with van der Waals surface area (Å²) in [5, 5.41) is 0.898. The summed E-state index contributed by atoms with van der Waals surface area (Å²) >= 11 is 3.38. The Morgan fingerprint density at radius 1 is 1.53 bits per heavy atom. The molecule has 15 heavy (non-hydrogen) atoms. The van der Waals surface area contributed by atoms with Crippen LogP contribution in [-0.4, -0.2) is 8.42 Å². The molecule has 0 fully saturated rings. The number of nitrogens with one attached hydrogen (secondary N) is 1. The minimum Gasteiger partial charge on any atom is -0.208 e. The van der Waals surface area contributed by atoms with Gasteiger partial charge in [-0.25, -0.2) is 13.1 Å². The third-order valence-electron chi connectivity index (χ3n) is 1.89. The Morgan fingerprint density at radius 2 is 2.20 bits per heavy atom. The number of aryl methyl sites for hydroxylation is 1. The van der Waals surface area contributed by atoms with Crippen molar-refractivity contribution in [2.45, 2.75) is 13.5 Å². The van der Waals surface area contributed by atoms with E-state index in [0.717, 1.165) is 21.0 Å². The van der Waals surface area contributed by atoms with Crippen LogP contribution in [0.1, 0.15) is 11.1 Å². The van der Waals surface area contributed by atoms with E-state index in [1.54, 1.807) is 0 Å². The molecule has 0 spiro atoms. The first-order valence-corrected chi connectivity index (χ1v) is 6.65. The summed E-state index contributed by atoms with van der Waals surface area (Å²) in [5.74, 6) is 0. The quantitative estimate of drug-likeness (QED) is 0.925. The van der Waals surface area contributed by atoms with E-state index in [1.807, 2.05) is 25.1 Å². The fourth-order valence-electron chi connectivity index (χ4n) is 1.03. The van der Waals surface area contributed by atoms with Crippen molar-refractivity contribution in [3.63, 3.8) is 0 Å². The van der Waals surface area contributed by atoms with Crippen LogP contribution in [0.4, 0.5) is 0 Å². The van der Waals surface area contributed by atoms with Crippen LogP contribution in [0.25, 0.3) is 0 Å². The van der Waals surface area contributed by atoms with Gasteiger partial charge in [0.25, 0.3) is 0 Å². The van der Waals surface area contributed by atoms with Gasteiger partial charge in [-0.05, 0) is 24.1 Å². The maximum atomic E-state index is 11.1. The number of halogens is 1. The summed E-state index contributed by atoms with van der Waals surface area (Å²) in [6.07, 6.45) is 0. The van der Waals surface area contributed by atoms with E-state index < -0.39 is 10.0 Å². The minimum atomic E-state index is -3.35. The number of hydrogen-bond acceptors (Lipinski definition) is 2. The Hall–Kier alpha value is -0.650. The predicted molar refractivity (Wildman–Crippen MR) is 64.8 cm³/mol. The molecule has 0 atom stereocenters. The molecule has 0 heterocycles. The first-order valence-electron chi connectivity index (χ1n) is 4.32. The molecule has 0 radical (unpaired) electrons. The molecule has 1 N–H and O–H groups in total. The molecule has 0 saturated carbocycles. The number of benzene rings is 1. The van der Waals surface area contributed by atoms with Gasteiger partial charge in [0, 0.05) is 16.4 Å². The average Bonchev–Trinajstić information content (AvgIpc) is 2.16. The average molecular weight is 290 g/mol. The van der Waals surface area contributed by atoms with Crippen LogP contribution in [0.15, 0.2) is 34.7 Å². The van der Waals surface area contributed by atoms with Crippen molar-refractivity contribution in [2.24, 2.45) is 0 Å². The predicted octanol–water partition coefficient (Wildman–Crippen LogP) is 2.32. The normalized spacial score (nSPS) is 11.3. The van der Waals surface area contributed by atoms with Crippen LogP contribution in [0.5, 0.6) is 0 Å². The van der Waals surface area contributed by atoms with E-state index in [9.17, 15) is 8.42 Å². The molecule has 0 amide bonds. The second kappa shape index (κ2) is 4.92. The molecule has 0 aliphatic heterocycles. The largest absolute Gasteiger partial charge is 0.233 e. The Kier molecular flexibility index (Phi) is 4.07. The van der Waals surface area contributed by atoms with Crippen molar-refractivity contribution in [3.8, 4) is 0 Å². The van der Waals surface area contributed by atoms with Gasteiger partial charge in [-0.3, -0.25) is 0 Å². The molecular formula is C10H12BrNO2S. The standard InChI is InChI=1S/C10H12BrNO2S/c1-3-15(13,14)12-7-9-5-4-8(2)6-10(9)11/h3-6,12H,1,7H2,2H3. The summed E-state index contributed by atoms with van der Waals surface area (Å²) < 4.78 is 25.5. The third kappa shape index (κ3) is 3.77. The van der Waals surface area contributed by atoms with E-state index in [-0.39, 0.29) is 6.54 Å². The topological polar surface area (TPSA) is 46.2 Å². The first-order chi connectivity index (χ1) is 6.94. The lowest BCUT2D eigenvalue weighted by molar-refractivity contribution is 0.590. The van der Waals surface area contributed by atoms with E-state index >= 15 is 0 Å². The number of hydrogen-bond donors (Lipinski definition) is 1. The second-order valence-electron chi connectivity index (χ2n) is 3.13. The lowest BCUT2D eigenvalue weighted by Crippen LogP contribution is -2.20. The minimum absolute atomic E-state index is 0.259. The summed E-state index contributed by atoms with van der Waals surface area (Å²) in [6.45, 7) is 5.45. The lowest BCUT2D eigenvalue weighted by atomic mass is 10.1. The molecule has 0 unspecified atom stereocenters. The van der Waals surface area contributed by atoms with Crippen LogP contribution in [-0.2, 0) is 16.6 Å². The first kappa shape index (κ1) is 12.4. The van der Waals surface area contributed by atoms with Crippen molar-refractivity contribution >= 4 is 26.0 Å². The van der Waals surface area contributed by atoms with Gasteiger partial charge in [-0.2, -0.15) is 0 Å². The molecule has 1 aromatic rings. The summed E-state index contributed by atoms with van der Waals surface area (Å²) in [4.78, 5) is 0. The highest BCUT2D eigenvalue weighted by atomic mass is 79.9. The zero-order valence-corrected chi connectivity index (χ0v) is 10.7. The van der Waals surface area contributed by atoms with E-state index in [1.165, 1.54) is 0 Å². The molecule has 1 aromatic carbocycles. The van der Waals surface area contributed by atoms with Gasteiger partial charge in [0.15, 0.2) is 0 Å². The highest BCUT2D eigenvalue weighted by molar-refractivity contribution is 9.10. The summed E-state index contributed by atoms with van der Waals surface area (Å²) in [6, 6.07) is 5.75. The fraction of sp³-hybridized carbons (Fsp3) is 0.200. The smallest absolute Gasteiger partial charge is 0.208 e. The van der Waals surface area contributed by atoms with Crippen LogP contribution in [0, 0.1) is 6.92 Å². The fourth-order valence-corrected chi connectivity index (χ4v) is 2.14. The van der Waals surface area contributed by atoms with Gasteiger partial charge in [-0.1, -0.05) is 34.6 Å². The number of sulfonamides is 1. The molecular weight excluding hydrogens is 278 g/mol. The zero-order valence-electron chi connectivity index (χ0n) is 8.33. The Bertz CT molecular complexity index is 468. The molecule has 0 aliphatic rings. The Morgan fingerprint density at radius 3 is 2.73 bits per heavy atom. The molecule has 82 valence electrons. The molecule has 0 bridgehead atoms. The van der Waals surface area contributed by atoms with Crippen LogP contribution < -0.4 is 4.72 Å². The molecule has 3 nitrogen and oxygen atoms in total. The molecule has 0 aromatic heterocycles. The van der Waals surface area contributed by atoms with Crippen molar-refractivity contribution < 1.29 is 8.42 Å². The number of rotatable bonds is 4. The summed E-state index contributed by atoms with van der Waals surface area (Å²) in [5.41, 5.74) is 2.02. The van der Waals surface area contributed by atoms with Gasteiger partial charge >= 0.3 is 0 Å². The lowest BCUT2D eigenvalue weighted by Gasteiger charge is -2.06. The monoisotopic (exact) mass is 289 g/mol. The molecule has 0 saturated heterocycles. The SMILES string of the molecule is C=CS(=O)(=O)NCc1ccc(C)cc1Br. The molecule has 5 heteroatoms. The highest BCUT2D eigenvalue weighted by Gasteiger charge is 2.05. The van der Waals surface area contributed by atoms with Crippen LogP contribution in [0.3, 0.4) is 0 Å². The van der Waals surface area contributed by atoms with Crippen molar-refractivity contribution in [1.29, 1.82) is 0 Å². The maximum absolute atomic E-state index is 11.1. The van der Waals surface area contributed by atoms with Gasteiger partial charge in [0.05, 0.1) is 0 Å². The second-order valence-corrected chi connectivity index (χ2v) is 5.69. The Labute approximate surface area is 98.4 Å². The van der Waals surface area contributed by atoms with Crippen LogP contribution in [0.2, 0.25) is 0 Å². The molecule has 1 rings (SSSR count). The van der Waals surface area contributed by atoms with Crippen molar-refractivity contribution in [3.05, 3.63) is 45.8 Å². The van der Waals surface area contributed by atoms with Crippen molar-refractivity contribution in [2.75, 3.05) is 0 Å². The summed E-state index contributed by atoms with van der Waals surface area (Å²) in [7, 11) is -3.35. The van der Waals surface area contributed by atoms with Gasteiger partial charge in [-0.15, -0.1) is 0 Å². The zero-order chi connectivity index (χ0) is 11.5. The third-order valence-corrected chi connectivity index (χ3v) is 3.62. The van der Waals surface area contributed by atoms with Gasteiger partial charge in [0.2, 0.25) is 10.0 Å². The van der Waals surface area contributed by atoms with E-state index in [2.05, 4.69) is 27.2 Å². The van der Waals surface area contributed by atoms with Crippen LogP contribution >= 0.6 is 15.9 Å². The molecule has 0 aliphatic carbocycles. The van der Waals surface area contributed by atoms with E-state index in [0.29, 0.717) is 0 Å². The highest BCUT2D eigenvalue weighted by Crippen LogP contribution is 2.18. The van der Waals surface area contributed by atoms with Crippen molar-refractivity contribution in [1.82, 2.24) is 4.72 Å².